The van der Waals surface area contributed by atoms with E-state index < -0.39 is 4.92 Å². The van der Waals surface area contributed by atoms with Crippen molar-refractivity contribution in [3.8, 4) is 0 Å². The molecule has 2 fully saturated rings. The standard InChI is InChI=1S/C20H28N2O4.ClH/c23-20(16-9-11-18(12-10-16)22(24)25)26-19-8-4-1-3-7-17(19)15-21-13-5-2-6-14-21;/h9-12,17,19H,1-8,13-15H2;1H/t17-,19-;/m1./s1. The van der Waals surface area contributed by atoms with Gasteiger partial charge in [-0.2, -0.15) is 0 Å². The summed E-state index contributed by atoms with van der Waals surface area (Å²) in [4.78, 5) is 25.3. The normalized spacial score (nSPS) is 23.7. The van der Waals surface area contributed by atoms with Crippen molar-refractivity contribution in [3.63, 3.8) is 0 Å². The molecule has 0 N–H and O–H groups in total. The highest BCUT2D eigenvalue weighted by Crippen LogP contribution is 2.28. The quantitative estimate of drug-likeness (QED) is 0.314. The fraction of sp³-hybridized carbons (Fsp3) is 0.650. The molecule has 1 saturated heterocycles. The molecule has 0 spiro atoms. The topological polar surface area (TPSA) is 72.7 Å². The van der Waals surface area contributed by atoms with E-state index in [0.29, 0.717) is 11.5 Å². The van der Waals surface area contributed by atoms with Gasteiger partial charge >= 0.3 is 5.97 Å². The molecule has 2 aliphatic rings. The highest BCUT2D eigenvalue weighted by atomic mass is 35.5. The van der Waals surface area contributed by atoms with Crippen LogP contribution in [0.3, 0.4) is 0 Å². The molecular weight excluding hydrogens is 368 g/mol. The lowest BCUT2D eigenvalue weighted by molar-refractivity contribution is -0.384. The first-order valence-electron chi connectivity index (χ1n) is 9.81. The predicted molar refractivity (Wildman–Crippen MR) is 106 cm³/mol. The van der Waals surface area contributed by atoms with Crippen LogP contribution in [0.5, 0.6) is 0 Å². The number of hydrogen-bond donors (Lipinski definition) is 0. The number of ether oxygens (including phenoxy) is 1. The first-order valence-corrected chi connectivity index (χ1v) is 9.81. The fourth-order valence-electron chi connectivity index (χ4n) is 4.11. The molecule has 27 heavy (non-hydrogen) atoms. The van der Waals surface area contributed by atoms with Gasteiger partial charge in [-0.05, 0) is 57.3 Å². The Balaban J connectivity index is 0.00000261. The lowest BCUT2D eigenvalue weighted by Crippen LogP contribution is -2.39. The average molecular weight is 397 g/mol. The summed E-state index contributed by atoms with van der Waals surface area (Å²) in [6, 6.07) is 5.68. The van der Waals surface area contributed by atoms with Crippen LogP contribution in [0.2, 0.25) is 0 Å². The molecule has 0 amide bonds. The second-order valence-corrected chi connectivity index (χ2v) is 7.51. The molecule has 2 atom stereocenters. The van der Waals surface area contributed by atoms with Crippen LogP contribution in [0, 0.1) is 16.0 Å². The van der Waals surface area contributed by atoms with Gasteiger partial charge in [-0.1, -0.05) is 19.3 Å². The van der Waals surface area contributed by atoms with E-state index in [0.717, 1.165) is 38.9 Å². The SMILES string of the molecule is Cl.O=C(O[C@@H]1CCCCC[C@@H]1CN1CCCCC1)c1ccc([N+](=O)[O-])cc1. The number of hydrogen-bond acceptors (Lipinski definition) is 5. The predicted octanol–water partition coefficient (Wildman–Crippen LogP) is 4.61. The van der Waals surface area contributed by atoms with Gasteiger partial charge in [0.15, 0.2) is 0 Å². The maximum atomic E-state index is 12.5. The lowest BCUT2D eigenvalue weighted by atomic mass is 9.95. The minimum atomic E-state index is -0.463. The third kappa shape index (κ3) is 6.18. The number of rotatable bonds is 5. The molecule has 6 nitrogen and oxygen atoms in total. The molecule has 0 unspecified atom stereocenters. The molecule has 0 radical (unpaired) electrons. The first kappa shape index (κ1) is 21.6. The van der Waals surface area contributed by atoms with Crippen LogP contribution in [-0.2, 0) is 4.74 Å². The van der Waals surface area contributed by atoms with Crippen molar-refractivity contribution in [2.24, 2.45) is 5.92 Å². The maximum Gasteiger partial charge on any atom is 0.338 e. The number of nitro groups is 1. The first-order chi connectivity index (χ1) is 12.6. The van der Waals surface area contributed by atoms with Crippen LogP contribution in [-0.4, -0.2) is 41.5 Å². The zero-order chi connectivity index (χ0) is 18.4. The highest BCUT2D eigenvalue weighted by Gasteiger charge is 2.29. The third-order valence-corrected chi connectivity index (χ3v) is 5.60. The summed E-state index contributed by atoms with van der Waals surface area (Å²) in [6.45, 7) is 3.32. The monoisotopic (exact) mass is 396 g/mol. The van der Waals surface area contributed by atoms with E-state index in [1.165, 1.54) is 56.4 Å². The number of benzene rings is 1. The molecule has 1 aromatic rings. The molecule has 150 valence electrons. The number of esters is 1. The van der Waals surface area contributed by atoms with Crippen molar-refractivity contribution in [3.05, 3.63) is 39.9 Å². The van der Waals surface area contributed by atoms with E-state index in [9.17, 15) is 14.9 Å². The maximum absolute atomic E-state index is 12.5. The smallest absolute Gasteiger partial charge is 0.338 e. The van der Waals surface area contributed by atoms with Gasteiger partial charge in [0.2, 0.25) is 0 Å². The Hall–Kier alpha value is -1.66. The van der Waals surface area contributed by atoms with Crippen LogP contribution in [0.25, 0.3) is 0 Å². The summed E-state index contributed by atoms with van der Waals surface area (Å²) >= 11 is 0. The van der Waals surface area contributed by atoms with Gasteiger partial charge in [0.1, 0.15) is 6.10 Å². The Labute approximate surface area is 166 Å². The molecule has 1 aliphatic heterocycles. The Morgan fingerprint density at radius 1 is 1.04 bits per heavy atom. The van der Waals surface area contributed by atoms with Gasteiger partial charge in [0.05, 0.1) is 10.5 Å². The Kier molecular flexibility index (Phi) is 8.51. The summed E-state index contributed by atoms with van der Waals surface area (Å²) < 4.78 is 5.88. The number of non-ortho nitro benzene ring substituents is 1. The molecule has 1 aromatic carbocycles. The molecule has 1 heterocycles. The van der Waals surface area contributed by atoms with Gasteiger partial charge in [0.25, 0.3) is 5.69 Å². The Morgan fingerprint density at radius 2 is 1.67 bits per heavy atom. The summed E-state index contributed by atoms with van der Waals surface area (Å²) in [5.74, 6) is 0.0213. The largest absolute Gasteiger partial charge is 0.458 e. The zero-order valence-corrected chi connectivity index (χ0v) is 16.5. The second kappa shape index (κ2) is 10.6. The number of likely N-dealkylation sites (tertiary alicyclic amines) is 1. The van der Waals surface area contributed by atoms with Gasteiger partial charge < -0.3 is 9.64 Å². The van der Waals surface area contributed by atoms with E-state index in [1.807, 2.05) is 0 Å². The number of piperidine rings is 1. The van der Waals surface area contributed by atoms with Crippen LogP contribution >= 0.6 is 12.4 Å². The molecule has 0 aromatic heterocycles. The third-order valence-electron chi connectivity index (χ3n) is 5.60. The summed E-state index contributed by atoms with van der Waals surface area (Å²) in [5.41, 5.74) is 0.371. The lowest BCUT2D eigenvalue weighted by Gasteiger charge is -2.33. The highest BCUT2D eigenvalue weighted by molar-refractivity contribution is 5.89. The molecule has 1 aliphatic carbocycles. The summed E-state index contributed by atoms with van der Waals surface area (Å²) in [5, 5.41) is 10.8. The van der Waals surface area contributed by atoms with E-state index in [-0.39, 0.29) is 30.2 Å². The number of carbonyl (C=O) groups excluding carboxylic acids is 1. The van der Waals surface area contributed by atoms with Crippen LogP contribution < -0.4 is 0 Å². The average Bonchev–Trinajstić information content (AvgIpc) is 2.88. The number of nitrogens with zero attached hydrogens (tertiary/aromatic N) is 2. The van der Waals surface area contributed by atoms with Crippen molar-refractivity contribution in [1.29, 1.82) is 0 Å². The van der Waals surface area contributed by atoms with Gasteiger partial charge in [-0.15, -0.1) is 12.4 Å². The molecule has 0 bridgehead atoms. The minimum Gasteiger partial charge on any atom is -0.458 e. The number of nitro benzene ring substituents is 1. The van der Waals surface area contributed by atoms with Crippen molar-refractivity contribution >= 4 is 24.1 Å². The summed E-state index contributed by atoms with van der Waals surface area (Å²) in [6.07, 6.45) is 9.30. The van der Waals surface area contributed by atoms with E-state index in [4.69, 9.17) is 4.74 Å². The Morgan fingerprint density at radius 3 is 2.33 bits per heavy atom. The Bertz CT molecular complexity index is 617. The van der Waals surface area contributed by atoms with Crippen LogP contribution in [0.15, 0.2) is 24.3 Å². The van der Waals surface area contributed by atoms with Gasteiger partial charge in [-0.3, -0.25) is 10.1 Å². The molecule has 1 saturated carbocycles. The van der Waals surface area contributed by atoms with Crippen LogP contribution in [0.1, 0.15) is 61.7 Å². The van der Waals surface area contributed by atoms with Crippen molar-refractivity contribution < 1.29 is 14.5 Å². The zero-order valence-electron chi connectivity index (χ0n) is 15.7. The van der Waals surface area contributed by atoms with Crippen molar-refractivity contribution in [2.45, 2.75) is 57.5 Å². The van der Waals surface area contributed by atoms with E-state index >= 15 is 0 Å². The molecular formula is C20H29ClN2O4. The molecule has 3 rings (SSSR count). The van der Waals surface area contributed by atoms with Gasteiger partial charge in [0, 0.05) is 24.6 Å². The second-order valence-electron chi connectivity index (χ2n) is 7.51. The minimum absolute atomic E-state index is 0. The van der Waals surface area contributed by atoms with Crippen molar-refractivity contribution in [2.75, 3.05) is 19.6 Å². The van der Waals surface area contributed by atoms with E-state index in [2.05, 4.69) is 4.90 Å². The summed E-state index contributed by atoms with van der Waals surface area (Å²) in [7, 11) is 0. The fourth-order valence-corrected chi connectivity index (χ4v) is 4.11. The van der Waals surface area contributed by atoms with Crippen molar-refractivity contribution in [1.82, 2.24) is 4.90 Å². The van der Waals surface area contributed by atoms with Gasteiger partial charge in [-0.25, -0.2) is 4.79 Å². The number of halogens is 1. The van der Waals surface area contributed by atoms with Crippen LogP contribution in [0.4, 0.5) is 5.69 Å². The molecule has 7 heteroatoms. The number of carbonyl (C=O) groups is 1. The van der Waals surface area contributed by atoms with E-state index in [1.54, 1.807) is 0 Å².